The van der Waals surface area contributed by atoms with Crippen molar-refractivity contribution in [2.75, 3.05) is 26.9 Å². The molecule has 0 unspecified atom stereocenters. The maximum absolute atomic E-state index is 12.0. The number of nitrogens with one attached hydrogen (secondary N) is 2. The molecule has 0 saturated carbocycles. The molecule has 9 nitrogen and oxygen atoms in total. The van der Waals surface area contributed by atoms with E-state index in [1.165, 1.54) is 19.2 Å². The van der Waals surface area contributed by atoms with E-state index < -0.39 is 11.8 Å². The van der Waals surface area contributed by atoms with Crippen LogP contribution in [0.3, 0.4) is 0 Å². The Morgan fingerprint density at radius 3 is 1.96 bits per heavy atom. The molecule has 24 heavy (non-hydrogen) atoms. The number of hydrogen-bond donors (Lipinski definition) is 4. The minimum atomic E-state index is -0.587. The van der Waals surface area contributed by atoms with Gasteiger partial charge in [-0.25, -0.2) is 11.7 Å². The van der Waals surface area contributed by atoms with E-state index in [9.17, 15) is 9.59 Å². The van der Waals surface area contributed by atoms with Crippen molar-refractivity contribution in [2.24, 2.45) is 11.7 Å². The van der Waals surface area contributed by atoms with Gasteiger partial charge in [0.15, 0.2) is 0 Å². The summed E-state index contributed by atoms with van der Waals surface area (Å²) < 4.78 is 15.9. The molecule has 0 aliphatic heterocycles. The lowest BCUT2D eigenvalue weighted by Gasteiger charge is -2.16. The number of methoxy groups -OCH3 is 1. The minimum absolute atomic E-state index is 0.121. The summed E-state index contributed by atoms with van der Waals surface area (Å²) in [5, 5.41) is 0. The summed E-state index contributed by atoms with van der Waals surface area (Å²) in [5.41, 5.74) is 4.30. The van der Waals surface area contributed by atoms with Gasteiger partial charge in [-0.05, 0) is 18.6 Å². The van der Waals surface area contributed by atoms with E-state index in [0.717, 1.165) is 0 Å². The van der Waals surface area contributed by atoms with Gasteiger partial charge in [0.2, 0.25) is 0 Å². The Bertz CT molecular complexity index is 591. The van der Waals surface area contributed by atoms with Crippen molar-refractivity contribution in [2.45, 2.75) is 6.42 Å². The Balaban J connectivity index is 3.26. The van der Waals surface area contributed by atoms with Gasteiger partial charge in [-0.2, -0.15) is 0 Å². The summed E-state index contributed by atoms with van der Waals surface area (Å²) in [5.74, 6) is 9.55. The first-order valence-electron chi connectivity index (χ1n) is 7.14. The average Bonchev–Trinajstić information content (AvgIpc) is 2.61. The second kappa shape index (κ2) is 10.2. The monoisotopic (exact) mass is 338 g/mol. The molecule has 0 saturated heterocycles. The smallest absolute Gasteiger partial charge is 0.269 e. The highest BCUT2D eigenvalue weighted by Crippen LogP contribution is 2.29. The van der Waals surface area contributed by atoms with Gasteiger partial charge in [-0.3, -0.25) is 20.4 Å². The number of nitrogens with two attached hydrogens (primary N) is 2. The van der Waals surface area contributed by atoms with Crippen molar-refractivity contribution in [1.82, 2.24) is 10.9 Å². The molecule has 1 aromatic rings. The second-order valence-electron chi connectivity index (χ2n) is 4.56. The molecule has 132 valence electrons. The number of amides is 2. The third-order valence-corrected chi connectivity index (χ3v) is 2.96. The van der Waals surface area contributed by atoms with Gasteiger partial charge < -0.3 is 14.2 Å². The first-order valence-corrected chi connectivity index (χ1v) is 7.14. The molecule has 0 radical (unpaired) electrons. The van der Waals surface area contributed by atoms with Crippen LogP contribution in [0, 0.1) is 0 Å². The van der Waals surface area contributed by atoms with E-state index in [2.05, 4.69) is 6.58 Å². The Morgan fingerprint density at radius 1 is 1.04 bits per heavy atom. The van der Waals surface area contributed by atoms with Gasteiger partial charge in [-0.1, -0.05) is 6.08 Å². The SMILES string of the molecule is C=CCCOc1cc(C(=O)NN)c(OCCOC)cc1C(=O)NN. The van der Waals surface area contributed by atoms with Crippen LogP contribution in [-0.2, 0) is 4.74 Å². The molecule has 1 aromatic carbocycles. The van der Waals surface area contributed by atoms with E-state index in [0.29, 0.717) is 13.0 Å². The van der Waals surface area contributed by atoms with Crippen LogP contribution in [0.15, 0.2) is 24.8 Å². The highest BCUT2D eigenvalue weighted by molar-refractivity contribution is 6.02. The normalized spacial score (nSPS) is 9.96. The molecule has 0 aliphatic rings. The molecular formula is C15H22N4O5. The average molecular weight is 338 g/mol. The molecule has 0 fully saturated rings. The molecule has 0 spiro atoms. The quantitative estimate of drug-likeness (QED) is 0.153. The van der Waals surface area contributed by atoms with Crippen LogP contribution in [0.1, 0.15) is 27.1 Å². The second-order valence-corrected chi connectivity index (χ2v) is 4.56. The van der Waals surface area contributed by atoms with E-state index in [4.69, 9.17) is 25.9 Å². The van der Waals surface area contributed by atoms with E-state index in [-0.39, 0.29) is 35.8 Å². The summed E-state index contributed by atoms with van der Waals surface area (Å²) in [4.78, 5) is 23.9. The van der Waals surface area contributed by atoms with Gasteiger partial charge in [-0.15, -0.1) is 6.58 Å². The van der Waals surface area contributed by atoms with Gasteiger partial charge in [0.25, 0.3) is 11.8 Å². The molecule has 2 amide bonds. The highest BCUT2D eigenvalue weighted by Gasteiger charge is 2.21. The number of nitrogen functional groups attached to an aromatic ring is 2. The van der Waals surface area contributed by atoms with Crippen molar-refractivity contribution in [3.05, 3.63) is 35.9 Å². The third kappa shape index (κ3) is 5.23. The standard InChI is InChI=1S/C15H22N4O5/c1-3-4-5-23-12-8-11(15(21)19-17)13(24-7-6-22-2)9-10(12)14(20)18-16/h3,8-9H,1,4-7,16-17H2,2H3,(H,18,20)(H,19,21). The predicted molar refractivity (Wildman–Crippen MR) is 87.4 cm³/mol. The Kier molecular flexibility index (Phi) is 8.26. The van der Waals surface area contributed by atoms with Gasteiger partial charge in [0.05, 0.1) is 24.3 Å². The number of rotatable bonds is 10. The maximum Gasteiger partial charge on any atom is 0.269 e. The summed E-state index contributed by atoms with van der Waals surface area (Å²) in [6.07, 6.45) is 2.23. The summed E-state index contributed by atoms with van der Waals surface area (Å²) in [7, 11) is 1.51. The lowest BCUT2D eigenvalue weighted by molar-refractivity contribution is 0.0931. The van der Waals surface area contributed by atoms with Crippen molar-refractivity contribution in [1.29, 1.82) is 0 Å². The first kappa shape index (κ1) is 19.4. The van der Waals surface area contributed by atoms with Crippen LogP contribution < -0.4 is 32.0 Å². The van der Waals surface area contributed by atoms with Gasteiger partial charge in [0.1, 0.15) is 18.1 Å². The molecule has 9 heteroatoms. The van der Waals surface area contributed by atoms with E-state index in [1.807, 2.05) is 10.9 Å². The van der Waals surface area contributed by atoms with Crippen LogP contribution in [0.25, 0.3) is 0 Å². The molecular weight excluding hydrogens is 316 g/mol. The third-order valence-electron chi connectivity index (χ3n) is 2.96. The number of ether oxygens (including phenoxy) is 3. The fourth-order valence-electron chi connectivity index (χ4n) is 1.80. The lowest BCUT2D eigenvalue weighted by atomic mass is 10.1. The van der Waals surface area contributed by atoms with Crippen molar-refractivity contribution in [3.63, 3.8) is 0 Å². The Morgan fingerprint density at radius 2 is 1.54 bits per heavy atom. The zero-order chi connectivity index (χ0) is 17.9. The van der Waals surface area contributed by atoms with Crippen LogP contribution in [0.4, 0.5) is 0 Å². The first-order chi connectivity index (χ1) is 11.6. The summed E-state index contributed by atoms with van der Waals surface area (Å²) in [6.45, 7) is 4.36. The molecule has 0 aromatic heterocycles. The zero-order valence-electron chi connectivity index (χ0n) is 13.5. The molecule has 0 bridgehead atoms. The van der Waals surface area contributed by atoms with Crippen molar-refractivity contribution in [3.8, 4) is 11.5 Å². The Labute approximate surface area is 139 Å². The van der Waals surface area contributed by atoms with Crippen molar-refractivity contribution >= 4 is 11.8 Å². The zero-order valence-corrected chi connectivity index (χ0v) is 13.5. The predicted octanol–water partition coefficient (Wildman–Crippen LogP) is -0.126. The number of carbonyl (C=O) groups excluding carboxylic acids is 2. The Hall–Kier alpha value is -2.62. The van der Waals surface area contributed by atoms with E-state index >= 15 is 0 Å². The largest absolute Gasteiger partial charge is 0.492 e. The van der Waals surface area contributed by atoms with E-state index in [1.54, 1.807) is 6.08 Å². The highest BCUT2D eigenvalue weighted by atomic mass is 16.5. The van der Waals surface area contributed by atoms with Crippen LogP contribution in [0.5, 0.6) is 11.5 Å². The molecule has 0 aliphatic carbocycles. The molecule has 1 rings (SSSR count). The fourth-order valence-corrected chi connectivity index (χ4v) is 1.80. The van der Waals surface area contributed by atoms with Gasteiger partial charge in [0, 0.05) is 7.11 Å². The minimum Gasteiger partial charge on any atom is -0.492 e. The lowest BCUT2D eigenvalue weighted by Crippen LogP contribution is -2.32. The summed E-state index contributed by atoms with van der Waals surface area (Å²) >= 11 is 0. The van der Waals surface area contributed by atoms with Gasteiger partial charge >= 0.3 is 0 Å². The topological polar surface area (TPSA) is 138 Å². The number of benzene rings is 1. The molecule has 0 atom stereocenters. The number of hydrazine groups is 2. The molecule has 0 heterocycles. The number of hydrogen-bond acceptors (Lipinski definition) is 7. The molecule has 6 N–H and O–H groups in total. The fraction of sp³-hybridized carbons (Fsp3) is 0.333. The van der Waals surface area contributed by atoms with Crippen LogP contribution >= 0.6 is 0 Å². The summed E-state index contributed by atoms with van der Waals surface area (Å²) in [6, 6.07) is 2.74. The maximum atomic E-state index is 12.0. The van der Waals surface area contributed by atoms with Crippen LogP contribution in [0.2, 0.25) is 0 Å². The number of carbonyl (C=O) groups is 2. The van der Waals surface area contributed by atoms with Crippen LogP contribution in [-0.4, -0.2) is 38.7 Å². The van der Waals surface area contributed by atoms with Crippen molar-refractivity contribution < 1.29 is 23.8 Å².